The van der Waals surface area contributed by atoms with E-state index in [0.717, 1.165) is 10.6 Å². The van der Waals surface area contributed by atoms with Crippen LogP contribution >= 0.6 is 11.8 Å². The molecule has 0 saturated heterocycles. The molecule has 0 aliphatic carbocycles. The fourth-order valence-corrected chi connectivity index (χ4v) is 3.01. The first-order valence-corrected chi connectivity index (χ1v) is 9.43. The Labute approximate surface area is 153 Å². The normalized spacial score (nSPS) is 10.6. The third kappa shape index (κ3) is 5.10. The second-order valence-electron chi connectivity index (χ2n) is 6.19. The van der Waals surface area contributed by atoms with E-state index in [9.17, 15) is 9.59 Å². The van der Waals surface area contributed by atoms with Crippen LogP contribution in [0.25, 0.3) is 0 Å². The predicted molar refractivity (Wildman–Crippen MR) is 104 cm³/mol. The lowest BCUT2D eigenvalue weighted by atomic mass is 10.0. The Kier molecular flexibility index (Phi) is 6.65. The van der Waals surface area contributed by atoms with Gasteiger partial charge in [0.25, 0.3) is 5.91 Å². The summed E-state index contributed by atoms with van der Waals surface area (Å²) in [6.07, 6.45) is 1.96. The summed E-state index contributed by atoms with van der Waals surface area (Å²) in [7, 11) is 1.64. The number of nitrogens with zero attached hydrogens (tertiary/aromatic N) is 1. The number of hydrogen-bond acceptors (Lipinski definition) is 3. The second-order valence-corrected chi connectivity index (χ2v) is 7.03. The van der Waals surface area contributed by atoms with E-state index in [1.807, 2.05) is 54.8 Å². The predicted octanol–water partition coefficient (Wildman–Crippen LogP) is 4.24. The molecule has 0 aromatic heterocycles. The highest BCUT2D eigenvalue weighted by Crippen LogP contribution is 2.24. The Morgan fingerprint density at radius 2 is 1.72 bits per heavy atom. The maximum atomic E-state index is 12.5. The molecule has 1 N–H and O–H groups in total. The van der Waals surface area contributed by atoms with Gasteiger partial charge in [0.05, 0.1) is 12.2 Å². The highest BCUT2D eigenvalue weighted by Gasteiger charge is 2.16. The van der Waals surface area contributed by atoms with E-state index in [0.29, 0.717) is 11.5 Å². The zero-order valence-corrected chi connectivity index (χ0v) is 15.9. The van der Waals surface area contributed by atoms with Crippen LogP contribution in [-0.4, -0.2) is 36.6 Å². The van der Waals surface area contributed by atoms with Crippen LogP contribution in [0.3, 0.4) is 0 Å². The van der Waals surface area contributed by atoms with Crippen LogP contribution in [-0.2, 0) is 4.79 Å². The van der Waals surface area contributed by atoms with Gasteiger partial charge in [-0.3, -0.25) is 9.59 Å². The molecule has 0 spiro atoms. The third-order valence-corrected chi connectivity index (χ3v) is 4.73. The van der Waals surface area contributed by atoms with Gasteiger partial charge in [0, 0.05) is 17.5 Å². The van der Waals surface area contributed by atoms with E-state index >= 15 is 0 Å². The molecule has 0 atom stereocenters. The minimum Gasteiger partial charge on any atom is -0.332 e. The standard InChI is InChI=1S/C20H24N2O2S/c1-14(2)15-9-11-16(12-10-15)20(24)22(3)13-19(23)21-17-7-5-6-8-18(17)25-4/h5-12,14H,13H2,1-4H3,(H,21,23). The van der Waals surface area contributed by atoms with Crippen molar-refractivity contribution in [3.05, 3.63) is 59.7 Å². The number of benzene rings is 2. The molecule has 0 saturated carbocycles. The van der Waals surface area contributed by atoms with E-state index in [-0.39, 0.29) is 18.4 Å². The van der Waals surface area contributed by atoms with Gasteiger partial charge in [0.15, 0.2) is 0 Å². The average molecular weight is 356 g/mol. The molecule has 2 aromatic rings. The van der Waals surface area contributed by atoms with E-state index in [1.165, 1.54) is 10.5 Å². The van der Waals surface area contributed by atoms with Gasteiger partial charge in [-0.15, -0.1) is 11.8 Å². The Hall–Kier alpha value is -2.27. The zero-order valence-electron chi connectivity index (χ0n) is 15.1. The Bertz CT molecular complexity index is 742. The lowest BCUT2D eigenvalue weighted by molar-refractivity contribution is -0.116. The molecule has 0 aliphatic rings. The maximum Gasteiger partial charge on any atom is 0.254 e. The quantitative estimate of drug-likeness (QED) is 0.788. The Morgan fingerprint density at radius 1 is 1.08 bits per heavy atom. The maximum absolute atomic E-state index is 12.5. The van der Waals surface area contributed by atoms with Crippen molar-refractivity contribution in [2.24, 2.45) is 0 Å². The van der Waals surface area contributed by atoms with E-state index < -0.39 is 0 Å². The van der Waals surface area contributed by atoms with Crippen molar-refractivity contribution in [3.8, 4) is 0 Å². The molecule has 0 aliphatic heterocycles. The molecule has 2 rings (SSSR count). The number of thioether (sulfide) groups is 1. The minimum absolute atomic E-state index is 0.00742. The van der Waals surface area contributed by atoms with Gasteiger partial charge in [0.1, 0.15) is 0 Å². The molecular formula is C20H24N2O2S. The van der Waals surface area contributed by atoms with Crippen molar-refractivity contribution in [1.82, 2.24) is 4.90 Å². The monoisotopic (exact) mass is 356 g/mol. The summed E-state index contributed by atoms with van der Waals surface area (Å²) in [6, 6.07) is 15.2. The highest BCUT2D eigenvalue weighted by atomic mass is 32.2. The molecule has 5 heteroatoms. The summed E-state index contributed by atoms with van der Waals surface area (Å²) >= 11 is 1.57. The number of likely N-dealkylation sites (N-methyl/N-ethyl adjacent to an activating group) is 1. The van der Waals surface area contributed by atoms with Crippen LogP contribution in [0.15, 0.2) is 53.4 Å². The first-order chi connectivity index (χ1) is 11.9. The number of carbonyl (C=O) groups excluding carboxylic acids is 2. The van der Waals surface area contributed by atoms with Gasteiger partial charge in [0.2, 0.25) is 5.91 Å². The summed E-state index contributed by atoms with van der Waals surface area (Å²) in [6.45, 7) is 4.23. The van der Waals surface area contributed by atoms with Crippen molar-refractivity contribution in [2.75, 3.05) is 25.2 Å². The van der Waals surface area contributed by atoms with Crippen molar-refractivity contribution in [1.29, 1.82) is 0 Å². The summed E-state index contributed by atoms with van der Waals surface area (Å²) in [5.74, 6) is 0.0453. The molecule has 25 heavy (non-hydrogen) atoms. The molecule has 132 valence electrons. The summed E-state index contributed by atoms with van der Waals surface area (Å²) in [5, 5.41) is 2.87. The van der Waals surface area contributed by atoms with E-state index in [4.69, 9.17) is 0 Å². The van der Waals surface area contributed by atoms with Gasteiger partial charge in [-0.05, 0) is 42.0 Å². The van der Waals surface area contributed by atoms with Crippen molar-refractivity contribution in [3.63, 3.8) is 0 Å². The number of anilines is 1. The Morgan fingerprint density at radius 3 is 2.32 bits per heavy atom. The zero-order chi connectivity index (χ0) is 18.4. The average Bonchev–Trinajstić information content (AvgIpc) is 2.61. The number of amides is 2. The summed E-state index contributed by atoms with van der Waals surface area (Å²) in [5.41, 5.74) is 2.54. The van der Waals surface area contributed by atoms with Crippen LogP contribution < -0.4 is 5.32 Å². The SMILES string of the molecule is CSc1ccccc1NC(=O)CN(C)C(=O)c1ccc(C(C)C)cc1. The second kappa shape index (κ2) is 8.72. The smallest absolute Gasteiger partial charge is 0.254 e. The van der Waals surface area contributed by atoms with Gasteiger partial charge in [-0.25, -0.2) is 0 Å². The topological polar surface area (TPSA) is 49.4 Å². The van der Waals surface area contributed by atoms with Crippen molar-refractivity contribution >= 4 is 29.3 Å². The lowest BCUT2D eigenvalue weighted by Gasteiger charge is -2.18. The van der Waals surface area contributed by atoms with Gasteiger partial charge in [-0.1, -0.05) is 38.1 Å². The molecule has 0 radical (unpaired) electrons. The summed E-state index contributed by atoms with van der Waals surface area (Å²) in [4.78, 5) is 27.2. The van der Waals surface area contributed by atoms with Crippen molar-refractivity contribution < 1.29 is 9.59 Å². The van der Waals surface area contributed by atoms with Crippen LogP contribution in [0.2, 0.25) is 0 Å². The molecule has 2 aromatic carbocycles. The fourth-order valence-electron chi connectivity index (χ4n) is 2.46. The number of nitrogens with one attached hydrogen (secondary N) is 1. The fraction of sp³-hybridized carbons (Fsp3) is 0.300. The molecule has 0 fully saturated rings. The molecular weight excluding hydrogens is 332 g/mol. The Balaban J connectivity index is 1.99. The number of para-hydroxylation sites is 1. The molecule has 4 nitrogen and oxygen atoms in total. The van der Waals surface area contributed by atoms with E-state index in [2.05, 4.69) is 19.2 Å². The van der Waals surface area contributed by atoms with Crippen LogP contribution in [0.1, 0.15) is 35.7 Å². The van der Waals surface area contributed by atoms with Crippen molar-refractivity contribution in [2.45, 2.75) is 24.7 Å². The van der Waals surface area contributed by atoms with Crippen LogP contribution in [0, 0.1) is 0 Å². The summed E-state index contributed by atoms with van der Waals surface area (Å²) < 4.78 is 0. The minimum atomic E-state index is -0.212. The lowest BCUT2D eigenvalue weighted by Crippen LogP contribution is -2.35. The van der Waals surface area contributed by atoms with Gasteiger partial charge >= 0.3 is 0 Å². The molecule has 0 heterocycles. The first-order valence-electron chi connectivity index (χ1n) is 8.20. The first kappa shape index (κ1) is 19.1. The molecule has 0 bridgehead atoms. The van der Waals surface area contributed by atoms with E-state index in [1.54, 1.807) is 18.8 Å². The number of rotatable bonds is 6. The third-order valence-electron chi connectivity index (χ3n) is 3.93. The van der Waals surface area contributed by atoms with Crippen LogP contribution in [0.4, 0.5) is 5.69 Å². The van der Waals surface area contributed by atoms with Gasteiger partial charge in [-0.2, -0.15) is 0 Å². The highest BCUT2D eigenvalue weighted by molar-refractivity contribution is 7.98. The van der Waals surface area contributed by atoms with Gasteiger partial charge < -0.3 is 10.2 Å². The molecule has 0 unspecified atom stereocenters. The number of carbonyl (C=O) groups is 2. The number of hydrogen-bond donors (Lipinski definition) is 1. The largest absolute Gasteiger partial charge is 0.332 e. The molecule has 2 amide bonds. The van der Waals surface area contributed by atoms with Crippen LogP contribution in [0.5, 0.6) is 0 Å².